The predicted molar refractivity (Wildman–Crippen MR) is 86.9 cm³/mol. The number of carbonyl (C=O) groups is 1. The van der Waals surface area contributed by atoms with Crippen molar-refractivity contribution in [3.63, 3.8) is 0 Å². The molecule has 0 spiro atoms. The van der Waals surface area contributed by atoms with Gasteiger partial charge in [0, 0.05) is 31.5 Å². The quantitative estimate of drug-likeness (QED) is 0.930. The van der Waals surface area contributed by atoms with Gasteiger partial charge in [-0.05, 0) is 42.9 Å². The van der Waals surface area contributed by atoms with Crippen LogP contribution in [0.3, 0.4) is 0 Å². The molecule has 1 heterocycles. The molecule has 1 aromatic carbocycles. The molecule has 0 aromatic heterocycles. The van der Waals surface area contributed by atoms with Gasteiger partial charge in [-0.25, -0.2) is 0 Å². The van der Waals surface area contributed by atoms with Crippen LogP contribution >= 0.6 is 0 Å². The molecule has 120 valence electrons. The fraction of sp³-hybridized carbons (Fsp3) is 0.611. The largest absolute Gasteiger partial charge is 0.497 e. The van der Waals surface area contributed by atoms with Gasteiger partial charge < -0.3 is 15.4 Å². The van der Waals surface area contributed by atoms with E-state index in [0.717, 1.165) is 38.1 Å². The number of rotatable bonds is 4. The first-order valence-electron chi connectivity index (χ1n) is 8.34. The third-order valence-electron chi connectivity index (χ3n) is 5.28. The van der Waals surface area contributed by atoms with Crippen LogP contribution in [0.1, 0.15) is 43.6 Å². The lowest BCUT2D eigenvalue weighted by Gasteiger charge is -2.21. The number of benzene rings is 1. The Bertz CT molecular complexity index is 514. The Morgan fingerprint density at radius 3 is 2.68 bits per heavy atom. The molecule has 0 bridgehead atoms. The highest BCUT2D eigenvalue weighted by molar-refractivity contribution is 5.77. The van der Waals surface area contributed by atoms with Crippen LogP contribution in [-0.4, -0.2) is 37.0 Å². The van der Waals surface area contributed by atoms with Gasteiger partial charge in [0.25, 0.3) is 0 Å². The number of hydrogen-bond acceptors (Lipinski definition) is 3. The first-order chi connectivity index (χ1) is 10.7. The van der Waals surface area contributed by atoms with Gasteiger partial charge in [-0.3, -0.25) is 4.79 Å². The molecule has 4 nitrogen and oxygen atoms in total. The van der Waals surface area contributed by atoms with Crippen molar-refractivity contribution in [2.75, 3.05) is 20.2 Å². The van der Waals surface area contributed by atoms with E-state index in [0.29, 0.717) is 24.2 Å². The number of nitrogens with zero attached hydrogens (tertiary/aromatic N) is 1. The monoisotopic (exact) mass is 302 g/mol. The number of methoxy groups -OCH3 is 1. The fourth-order valence-corrected chi connectivity index (χ4v) is 3.81. The molecule has 1 aliphatic carbocycles. The first kappa shape index (κ1) is 15.3. The average molecular weight is 302 g/mol. The number of likely N-dealkylation sites (tertiary alicyclic amines) is 1. The highest BCUT2D eigenvalue weighted by Crippen LogP contribution is 2.31. The van der Waals surface area contributed by atoms with Gasteiger partial charge in [0.2, 0.25) is 5.91 Å². The van der Waals surface area contributed by atoms with Crippen LogP contribution in [0.2, 0.25) is 0 Å². The Kier molecular flexibility index (Phi) is 4.67. The van der Waals surface area contributed by atoms with E-state index in [1.807, 2.05) is 17.0 Å². The molecule has 4 heteroatoms. The second-order valence-corrected chi connectivity index (χ2v) is 6.66. The second kappa shape index (κ2) is 6.69. The molecule has 2 aliphatic rings. The van der Waals surface area contributed by atoms with E-state index in [1.54, 1.807) is 7.11 Å². The zero-order valence-corrected chi connectivity index (χ0v) is 13.3. The molecule has 0 radical (unpaired) electrons. The molecule has 1 aliphatic heterocycles. The fourth-order valence-electron chi connectivity index (χ4n) is 3.81. The number of amides is 1. The lowest BCUT2D eigenvalue weighted by atomic mass is 9.98. The minimum absolute atomic E-state index is 0.226. The van der Waals surface area contributed by atoms with Crippen LogP contribution in [0.5, 0.6) is 5.75 Å². The summed E-state index contributed by atoms with van der Waals surface area (Å²) in [6.07, 6.45) is 5.05. The van der Waals surface area contributed by atoms with Crippen LogP contribution in [0.15, 0.2) is 24.3 Å². The molecule has 1 amide bonds. The third-order valence-corrected chi connectivity index (χ3v) is 5.28. The molecular weight excluding hydrogens is 276 g/mol. The molecule has 3 atom stereocenters. The summed E-state index contributed by atoms with van der Waals surface area (Å²) in [6, 6.07) is 8.45. The standard InChI is InChI=1S/C18H26N2O2/c1-22-16-7-5-13(6-8-16)15-9-10-20(12-15)18(21)11-14-3-2-4-17(14)19/h5-8,14-15,17H,2-4,9-12,19H2,1H3/t14-,15?,17+/m0/s1. The van der Waals surface area contributed by atoms with Gasteiger partial charge in [-0.2, -0.15) is 0 Å². The van der Waals surface area contributed by atoms with Gasteiger partial charge in [-0.1, -0.05) is 18.6 Å². The van der Waals surface area contributed by atoms with Gasteiger partial charge in [0.15, 0.2) is 0 Å². The molecular formula is C18H26N2O2. The molecule has 3 rings (SSSR count). The summed E-state index contributed by atoms with van der Waals surface area (Å²) in [5.74, 6) is 2.02. The Morgan fingerprint density at radius 2 is 2.05 bits per heavy atom. The van der Waals surface area contributed by atoms with E-state index in [9.17, 15) is 4.79 Å². The first-order valence-corrected chi connectivity index (χ1v) is 8.34. The number of nitrogens with two attached hydrogens (primary N) is 1. The average Bonchev–Trinajstić information content (AvgIpc) is 3.17. The van der Waals surface area contributed by atoms with Crippen molar-refractivity contribution in [2.45, 2.75) is 44.1 Å². The SMILES string of the molecule is COc1ccc(C2CCN(C(=O)C[C@@H]3CCC[C@H]3N)C2)cc1. The summed E-state index contributed by atoms with van der Waals surface area (Å²) in [6.45, 7) is 1.71. The molecule has 2 N–H and O–H groups in total. The van der Waals surface area contributed by atoms with Crippen molar-refractivity contribution < 1.29 is 9.53 Å². The van der Waals surface area contributed by atoms with Crippen molar-refractivity contribution in [1.82, 2.24) is 4.90 Å². The van der Waals surface area contributed by atoms with E-state index in [4.69, 9.17) is 10.5 Å². The molecule has 2 fully saturated rings. The Labute approximate surface area is 132 Å². The minimum atomic E-state index is 0.226. The summed E-state index contributed by atoms with van der Waals surface area (Å²) in [4.78, 5) is 14.5. The van der Waals surface area contributed by atoms with Crippen LogP contribution in [-0.2, 0) is 4.79 Å². The van der Waals surface area contributed by atoms with Crippen molar-refractivity contribution in [2.24, 2.45) is 11.7 Å². The second-order valence-electron chi connectivity index (χ2n) is 6.66. The van der Waals surface area contributed by atoms with Crippen molar-refractivity contribution in [3.05, 3.63) is 29.8 Å². The van der Waals surface area contributed by atoms with Crippen LogP contribution < -0.4 is 10.5 Å². The Hall–Kier alpha value is -1.55. The van der Waals surface area contributed by atoms with Gasteiger partial charge in [0.1, 0.15) is 5.75 Å². The van der Waals surface area contributed by atoms with Crippen LogP contribution in [0.4, 0.5) is 0 Å². The molecule has 1 unspecified atom stereocenters. The highest BCUT2D eigenvalue weighted by Gasteiger charge is 2.31. The summed E-state index contributed by atoms with van der Waals surface area (Å²) in [5.41, 5.74) is 7.39. The predicted octanol–water partition coefficient (Wildman–Crippen LogP) is 2.53. The van der Waals surface area contributed by atoms with Gasteiger partial charge >= 0.3 is 0 Å². The number of carbonyl (C=O) groups excluding carboxylic acids is 1. The number of ether oxygens (including phenoxy) is 1. The van der Waals surface area contributed by atoms with E-state index in [1.165, 1.54) is 12.0 Å². The van der Waals surface area contributed by atoms with E-state index < -0.39 is 0 Å². The number of hydrogen-bond donors (Lipinski definition) is 1. The zero-order chi connectivity index (χ0) is 15.5. The van der Waals surface area contributed by atoms with Gasteiger partial charge in [0.05, 0.1) is 7.11 Å². The maximum atomic E-state index is 12.5. The van der Waals surface area contributed by atoms with Crippen molar-refractivity contribution >= 4 is 5.91 Å². The van der Waals surface area contributed by atoms with E-state index in [2.05, 4.69) is 12.1 Å². The van der Waals surface area contributed by atoms with Gasteiger partial charge in [-0.15, -0.1) is 0 Å². The molecule has 22 heavy (non-hydrogen) atoms. The minimum Gasteiger partial charge on any atom is -0.497 e. The molecule has 1 saturated carbocycles. The van der Waals surface area contributed by atoms with Crippen molar-refractivity contribution in [1.29, 1.82) is 0 Å². The maximum absolute atomic E-state index is 12.5. The Morgan fingerprint density at radius 1 is 1.27 bits per heavy atom. The Balaban J connectivity index is 1.55. The summed E-state index contributed by atoms with van der Waals surface area (Å²) < 4.78 is 5.20. The summed E-state index contributed by atoms with van der Waals surface area (Å²) in [7, 11) is 1.68. The van der Waals surface area contributed by atoms with Crippen LogP contribution in [0, 0.1) is 5.92 Å². The van der Waals surface area contributed by atoms with E-state index >= 15 is 0 Å². The lowest BCUT2D eigenvalue weighted by Crippen LogP contribution is -2.33. The topological polar surface area (TPSA) is 55.6 Å². The zero-order valence-electron chi connectivity index (χ0n) is 13.3. The van der Waals surface area contributed by atoms with Crippen molar-refractivity contribution in [3.8, 4) is 5.75 Å². The van der Waals surface area contributed by atoms with E-state index in [-0.39, 0.29) is 6.04 Å². The highest BCUT2D eigenvalue weighted by atomic mass is 16.5. The van der Waals surface area contributed by atoms with Crippen LogP contribution in [0.25, 0.3) is 0 Å². The lowest BCUT2D eigenvalue weighted by molar-refractivity contribution is -0.131. The smallest absolute Gasteiger partial charge is 0.222 e. The summed E-state index contributed by atoms with van der Waals surface area (Å²) in [5, 5.41) is 0. The maximum Gasteiger partial charge on any atom is 0.222 e. The third kappa shape index (κ3) is 3.27. The molecule has 1 saturated heterocycles. The molecule has 1 aromatic rings. The normalized spacial score (nSPS) is 28.1. The summed E-state index contributed by atoms with van der Waals surface area (Å²) >= 11 is 0.